The predicted molar refractivity (Wildman–Crippen MR) is 66.6 cm³/mol. The summed E-state index contributed by atoms with van der Waals surface area (Å²) in [5.41, 5.74) is 4.46. The van der Waals surface area contributed by atoms with E-state index in [1.165, 1.54) is 5.56 Å². The Kier molecular flexibility index (Phi) is 4.04. The maximum Gasteiger partial charge on any atom is 0.0698 e. The summed E-state index contributed by atoms with van der Waals surface area (Å²) in [5, 5.41) is 0. The van der Waals surface area contributed by atoms with Crippen molar-refractivity contribution in [2.45, 2.75) is 20.8 Å². The highest BCUT2D eigenvalue weighted by atomic mass is 14.7. The van der Waals surface area contributed by atoms with E-state index < -0.39 is 0 Å². The van der Waals surface area contributed by atoms with Gasteiger partial charge in [-0.05, 0) is 38.0 Å². The summed E-state index contributed by atoms with van der Waals surface area (Å²) in [6.45, 7) is 9.83. The van der Waals surface area contributed by atoms with Crippen molar-refractivity contribution in [1.82, 2.24) is 4.98 Å². The highest BCUT2D eigenvalue weighted by molar-refractivity contribution is 5.72. The van der Waals surface area contributed by atoms with Crippen molar-refractivity contribution in [3.8, 4) is 0 Å². The van der Waals surface area contributed by atoms with Crippen molar-refractivity contribution in [2.75, 3.05) is 0 Å². The summed E-state index contributed by atoms with van der Waals surface area (Å²) in [6.07, 6.45) is 7.88. The maximum absolute atomic E-state index is 4.39. The first kappa shape index (κ1) is 11.4. The lowest BCUT2D eigenvalue weighted by molar-refractivity contribution is 1.23. The van der Waals surface area contributed by atoms with Gasteiger partial charge >= 0.3 is 0 Å². The van der Waals surface area contributed by atoms with Gasteiger partial charge in [0.05, 0.1) is 5.69 Å². The highest BCUT2D eigenvalue weighted by Crippen LogP contribution is 2.15. The number of nitrogens with zero attached hydrogens (tertiary/aromatic N) is 1. The average Bonchev–Trinajstić information content (AvgIpc) is 2.27. The SMILES string of the molecule is C=C/C(C)=C\C(=C/C)c1ccc(C)cn1. The molecular weight excluding hydrogens is 182 g/mol. The van der Waals surface area contributed by atoms with E-state index in [2.05, 4.69) is 29.8 Å². The van der Waals surface area contributed by atoms with E-state index in [4.69, 9.17) is 0 Å². The Morgan fingerprint density at radius 3 is 2.60 bits per heavy atom. The second-order valence-electron chi connectivity index (χ2n) is 3.56. The molecule has 0 aliphatic heterocycles. The number of aromatic nitrogens is 1. The van der Waals surface area contributed by atoms with Gasteiger partial charge in [-0.2, -0.15) is 0 Å². The number of rotatable bonds is 3. The fourth-order valence-electron chi connectivity index (χ4n) is 1.25. The van der Waals surface area contributed by atoms with E-state index in [9.17, 15) is 0 Å². The summed E-state index contributed by atoms with van der Waals surface area (Å²) < 4.78 is 0. The van der Waals surface area contributed by atoms with Crippen LogP contribution in [0.3, 0.4) is 0 Å². The zero-order valence-corrected chi connectivity index (χ0v) is 9.62. The van der Waals surface area contributed by atoms with Gasteiger partial charge < -0.3 is 0 Å². The average molecular weight is 199 g/mol. The zero-order chi connectivity index (χ0) is 11.3. The van der Waals surface area contributed by atoms with Crippen molar-refractivity contribution in [3.05, 3.63) is 60.0 Å². The first-order chi connectivity index (χ1) is 7.17. The Hall–Kier alpha value is -1.63. The quantitative estimate of drug-likeness (QED) is 0.672. The Morgan fingerprint density at radius 1 is 1.40 bits per heavy atom. The van der Waals surface area contributed by atoms with Gasteiger partial charge in [0.2, 0.25) is 0 Å². The molecule has 15 heavy (non-hydrogen) atoms. The second-order valence-corrected chi connectivity index (χ2v) is 3.56. The Morgan fingerprint density at radius 2 is 2.13 bits per heavy atom. The molecule has 1 aromatic heterocycles. The van der Waals surface area contributed by atoms with Gasteiger partial charge in [-0.3, -0.25) is 4.98 Å². The molecule has 0 bridgehead atoms. The normalized spacial score (nSPS) is 12.7. The van der Waals surface area contributed by atoms with Gasteiger partial charge in [-0.1, -0.05) is 36.4 Å². The highest BCUT2D eigenvalue weighted by Gasteiger charge is 1.98. The van der Waals surface area contributed by atoms with Crippen LogP contribution in [0.4, 0.5) is 0 Å². The molecule has 0 saturated carbocycles. The summed E-state index contributed by atoms with van der Waals surface area (Å²) in [5.74, 6) is 0. The van der Waals surface area contributed by atoms with E-state index in [1.54, 1.807) is 0 Å². The number of hydrogen-bond donors (Lipinski definition) is 0. The molecule has 78 valence electrons. The minimum Gasteiger partial charge on any atom is -0.256 e. The van der Waals surface area contributed by atoms with Crippen LogP contribution in [0.1, 0.15) is 25.1 Å². The molecule has 1 rings (SSSR count). The third-order valence-corrected chi connectivity index (χ3v) is 2.22. The molecule has 0 aromatic carbocycles. The maximum atomic E-state index is 4.39. The van der Waals surface area contributed by atoms with Crippen LogP contribution in [0.2, 0.25) is 0 Å². The van der Waals surface area contributed by atoms with Crippen LogP contribution in [-0.2, 0) is 0 Å². The largest absolute Gasteiger partial charge is 0.256 e. The van der Waals surface area contributed by atoms with Gasteiger partial charge in [0.15, 0.2) is 0 Å². The fourth-order valence-corrected chi connectivity index (χ4v) is 1.25. The van der Waals surface area contributed by atoms with Crippen LogP contribution in [0, 0.1) is 6.92 Å². The van der Waals surface area contributed by atoms with Gasteiger partial charge in [0.25, 0.3) is 0 Å². The monoisotopic (exact) mass is 199 g/mol. The van der Waals surface area contributed by atoms with Crippen LogP contribution in [0.5, 0.6) is 0 Å². The molecular formula is C14H17N. The molecule has 0 aliphatic carbocycles. The summed E-state index contributed by atoms with van der Waals surface area (Å²) in [6, 6.07) is 4.11. The topological polar surface area (TPSA) is 12.9 Å². The molecule has 0 fully saturated rings. The molecule has 0 N–H and O–H groups in total. The van der Waals surface area contributed by atoms with Crippen molar-refractivity contribution >= 4 is 5.57 Å². The molecule has 0 aliphatic rings. The predicted octanol–water partition coefficient (Wildman–Crippen LogP) is 3.93. The summed E-state index contributed by atoms with van der Waals surface area (Å²) in [7, 11) is 0. The molecule has 1 heteroatoms. The molecule has 0 radical (unpaired) electrons. The Bertz CT molecular complexity index is 394. The molecule has 0 spiro atoms. The standard InChI is InChI=1S/C14H17N/c1-5-11(3)9-13(6-2)14-8-7-12(4)10-15-14/h5-10H,1H2,2-4H3/b11-9-,13-6+. The molecule has 1 heterocycles. The van der Waals surface area contributed by atoms with Gasteiger partial charge in [-0.25, -0.2) is 0 Å². The first-order valence-electron chi connectivity index (χ1n) is 5.07. The minimum atomic E-state index is 1.00. The molecule has 0 amide bonds. The van der Waals surface area contributed by atoms with E-state index in [-0.39, 0.29) is 0 Å². The second kappa shape index (κ2) is 5.30. The van der Waals surface area contributed by atoms with Crippen LogP contribution in [0.25, 0.3) is 5.57 Å². The van der Waals surface area contributed by atoms with E-state index in [1.807, 2.05) is 39.1 Å². The fraction of sp³-hybridized carbons (Fsp3) is 0.214. The van der Waals surface area contributed by atoms with Gasteiger partial charge in [-0.15, -0.1) is 0 Å². The van der Waals surface area contributed by atoms with Crippen molar-refractivity contribution < 1.29 is 0 Å². The lowest BCUT2D eigenvalue weighted by Gasteiger charge is -2.02. The van der Waals surface area contributed by atoms with E-state index in [0.717, 1.165) is 16.8 Å². The number of allylic oxidation sites excluding steroid dienone is 5. The van der Waals surface area contributed by atoms with Gasteiger partial charge in [0.1, 0.15) is 0 Å². The molecule has 0 saturated heterocycles. The molecule has 1 aromatic rings. The molecule has 0 unspecified atom stereocenters. The number of hydrogen-bond acceptors (Lipinski definition) is 1. The smallest absolute Gasteiger partial charge is 0.0698 e. The summed E-state index contributed by atoms with van der Waals surface area (Å²) >= 11 is 0. The molecule has 0 atom stereocenters. The van der Waals surface area contributed by atoms with Crippen LogP contribution in [-0.4, -0.2) is 4.98 Å². The van der Waals surface area contributed by atoms with Crippen molar-refractivity contribution in [2.24, 2.45) is 0 Å². The Balaban J connectivity index is 3.04. The van der Waals surface area contributed by atoms with E-state index in [0.29, 0.717) is 0 Å². The first-order valence-corrected chi connectivity index (χ1v) is 5.07. The van der Waals surface area contributed by atoms with Crippen LogP contribution < -0.4 is 0 Å². The van der Waals surface area contributed by atoms with Crippen molar-refractivity contribution in [3.63, 3.8) is 0 Å². The third-order valence-electron chi connectivity index (χ3n) is 2.22. The third kappa shape index (κ3) is 3.21. The van der Waals surface area contributed by atoms with E-state index >= 15 is 0 Å². The molecule has 1 nitrogen and oxygen atoms in total. The minimum absolute atomic E-state index is 1.00. The van der Waals surface area contributed by atoms with Crippen LogP contribution >= 0.6 is 0 Å². The lowest BCUT2D eigenvalue weighted by atomic mass is 10.1. The zero-order valence-electron chi connectivity index (χ0n) is 9.62. The lowest BCUT2D eigenvalue weighted by Crippen LogP contribution is -1.87. The number of aryl methyl sites for hydroxylation is 1. The number of pyridine rings is 1. The van der Waals surface area contributed by atoms with Crippen LogP contribution in [0.15, 0.2) is 48.7 Å². The van der Waals surface area contributed by atoms with Gasteiger partial charge in [0, 0.05) is 6.20 Å². The van der Waals surface area contributed by atoms with Crippen molar-refractivity contribution in [1.29, 1.82) is 0 Å². The Labute approximate surface area is 91.9 Å². The summed E-state index contributed by atoms with van der Waals surface area (Å²) in [4.78, 5) is 4.39.